The first-order valence-electron chi connectivity index (χ1n) is 25.0. The van der Waals surface area contributed by atoms with Crippen LogP contribution in [0.4, 0.5) is 0 Å². The van der Waals surface area contributed by atoms with Crippen LogP contribution in [0.15, 0.2) is 42.1 Å². The molecule has 2 aromatic rings. The number of aliphatic hydroxyl groups excluding tert-OH is 4. The van der Waals surface area contributed by atoms with Crippen LogP contribution in [-0.4, -0.2) is 136 Å². The maximum atomic E-state index is 13.4. The third kappa shape index (κ3) is 10.6. The molecule has 2 aliphatic heterocycles. The Balaban J connectivity index is 1.03. The van der Waals surface area contributed by atoms with E-state index in [4.69, 9.17) is 33.2 Å². The highest BCUT2D eigenvalue weighted by Gasteiger charge is 2.63. The van der Waals surface area contributed by atoms with E-state index in [1.807, 2.05) is 17.9 Å². The van der Waals surface area contributed by atoms with Gasteiger partial charge in [-0.2, -0.15) is 0 Å². The van der Waals surface area contributed by atoms with Crippen molar-refractivity contribution in [1.29, 1.82) is 0 Å². The second-order valence-electron chi connectivity index (χ2n) is 21.4. The lowest BCUT2D eigenvalue weighted by atomic mass is 9.47. The van der Waals surface area contributed by atoms with Gasteiger partial charge in [-0.25, -0.2) is 4.79 Å². The van der Waals surface area contributed by atoms with Crippen molar-refractivity contribution in [1.82, 2.24) is 20.3 Å². The molecule has 17 nitrogen and oxygen atoms in total. The Morgan fingerprint density at radius 2 is 1.66 bits per heavy atom. The highest BCUT2D eigenvalue weighted by Crippen LogP contribution is 2.68. The number of aliphatic hydroxyl groups is 4. The van der Waals surface area contributed by atoms with Crippen molar-refractivity contribution in [3.8, 4) is 5.75 Å². The van der Waals surface area contributed by atoms with E-state index in [0.717, 1.165) is 76.4 Å². The zero-order valence-corrected chi connectivity index (χ0v) is 40.9. The summed E-state index contributed by atoms with van der Waals surface area (Å²) in [4.78, 5) is 26.3. The average molecular weight is 953 g/mol. The van der Waals surface area contributed by atoms with E-state index in [2.05, 4.69) is 49.4 Å². The van der Waals surface area contributed by atoms with Gasteiger partial charge in [-0.3, -0.25) is 9.48 Å². The summed E-state index contributed by atoms with van der Waals surface area (Å²) in [5.74, 6) is 1.14. The summed E-state index contributed by atoms with van der Waals surface area (Å²) in [5, 5.41) is 55.8. The van der Waals surface area contributed by atoms with Crippen LogP contribution in [0, 0.1) is 46.3 Å². The molecule has 8 rings (SSSR count). The number of carbonyl (C=O) groups excluding carboxylic acids is 2. The fourth-order valence-electron chi connectivity index (χ4n) is 13.5. The van der Waals surface area contributed by atoms with Gasteiger partial charge in [0.05, 0.1) is 43.8 Å². The number of benzene rings is 1. The van der Waals surface area contributed by atoms with Crippen LogP contribution >= 0.6 is 0 Å². The van der Waals surface area contributed by atoms with Crippen LogP contribution in [-0.2, 0) is 46.3 Å². The topological polar surface area (TPSA) is 222 Å². The van der Waals surface area contributed by atoms with Gasteiger partial charge in [0.2, 0.25) is 0 Å². The minimum Gasteiger partial charge on any atom is -0.497 e. The Labute approximate surface area is 400 Å². The Morgan fingerprint density at radius 1 is 0.926 bits per heavy atom. The highest BCUT2D eigenvalue weighted by atomic mass is 16.7. The zero-order valence-electron chi connectivity index (χ0n) is 40.9. The number of nitrogens with one attached hydrogen (secondary N) is 1. The van der Waals surface area contributed by atoms with Crippen LogP contribution in [0.3, 0.4) is 0 Å². The van der Waals surface area contributed by atoms with Crippen LogP contribution < -0.4 is 10.1 Å². The molecule has 3 heterocycles. The number of esters is 2. The van der Waals surface area contributed by atoms with Gasteiger partial charge in [0.25, 0.3) is 0 Å². The summed E-state index contributed by atoms with van der Waals surface area (Å²) in [6, 6.07) is 6.19. The van der Waals surface area contributed by atoms with Crippen molar-refractivity contribution in [2.45, 2.75) is 173 Å². The quantitative estimate of drug-likeness (QED) is 0.107. The van der Waals surface area contributed by atoms with Crippen molar-refractivity contribution in [3.05, 3.63) is 53.4 Å². The van der Waals surface area contributed by atoms with Crippen LogP contribution in [0.5, 0.6) is 5.75 Å². The first-order chi connectivity index (χ1) is 32.5. The number of methoxy groups -OCH3 is 1. The molecule has 3 saturated carbocycles. The van der Waals surface area contributed by atoms with Crippen LogP contribution in [0.25, 0.3) is 0 Å². The van der Waals surface area contributed by atoms with Crippen molar-refractivity contribution >= 4 is 11.9 Å². The summed E-state index contributed by atoms with van der Waals surface area (Å²) in [6.07, 6.45) is 2.31. The normalized spacial score (nSPS) is 38.8. The predicted octanol–water partition coefficient (Wildman–Crippen LogP) is 4.72. The van der Waals surface area contributed by atoms with Gasteiger partial charge >= 0.3 is 11.9 Å². The highest BCUT2D eigenvalue weighted by molar-refractivity contribution is 5.89. The predicted molar refractivity (Wildman–Crippen MR) is 247 cm³/mol. The van der Waals surface area contributed by atoms with Gasteiger partial charge in [-0.05, 0) is 129 Å². The standard InChI is InChI=1S/C51H76N4O13/c1-28(24-55-25-33(23-52-6)53-54-55)9-8-10-29(2)42-41(22-38-36-16-13-32-21-34(57)17-19-50(32,4)37(36)18-20-51(38,42)5)66-49-46(65-30(3)56)44(40(59)27-64-49)68-48-45(43(60)39(58)26-63-48)67-47(61)31-11-14-35(62-7)15-12-31/h11-15,25,28-29,34,36-46,48-49,52,57-60H,8-10,16-24,26-27H2,1-7H3/t28-,29-,34+,36?,37?,38?,39-,40+,41+,42+,43+,44?,45-,46-,48+,49-,50+,51+/m1/s1. The number of allylic oxidation sites excluding steroid dienone is 1. The summed E-state index contributed by atoms with van der Waals surface area (Å²) in [7, 11) is 3.40. The summed E-state index contributed by atoms with van der Waals surface area (Å²) in [5.41, 5.74) is 2.48. The number of ether oxygens (including phenoxy) is 7. The Morgan fingerprint density at radius 3 is 2.38 bits per heavy atom. The number of hydrogen-bond acceptors (Lipinski definition) is 16. The summed E-state index contributed by atoms with van der Waals surface area (Å²) >= 11 is 0. The maximum absolute atomic E-state index is 13.4. The number of rotatable bonds is 17. The number of aromatic nitrogens is 3. The van der Waals surface area contributed by atoms with Crippen molar-refractivity contribution < 1.29 is 63.2 Å². The lowest BCUT2D eigenvalue weighted by molar-refractivity contribution is -0.340. The number of carbonyl (C=O) groups is 2. The molecule has 378 valence electrons. The van der Waals surface area contributed by atoms with Crippen molar-refractivity contribution in [2.75, 3.05) is 27.4 Å². The molecule has 1 aromatic carbocycles. The molecule has 5 N–H and O–H groups in total. The fourth-order valence-corrected chi connectivity index (χ4v) is 13.5. The van der Waals surface area contributed by atoms with Gasteiger partial charge < -0.3 is 58.9 Å². The lowest BCUT2D eigenvalue weighted by Gasteiger charge is -2.58. The molecule has 0 bridgehead atoms. The van der Waals surface area contributed by atoms with E-state index in [1.165, 1.54) is 31.7 Å². The first-order valence-corrected chi connectivity index (χ1v) is 25.0. The molecule has 4 unspecified atom stereocenters. The van der Waals surface area contributed by atoms with Crippen molar-refractivity contribution in [3.63, 3.8) is 0 Å². The molecule has 5 fully saturated rings. The maximum Gasteiger partial charge on any atom is 0.338 e. The zero-order chi connectivity index (χ0) is 48.5. The molecule has 4 aliphatic carbocycles. The van der Waals surface area contributed by atoms with Gasteiger partial charge in [-0.15, -0.1) is 5.10 Å². The lowest BCUT2D eigenvalue weighted by Crippen LogP contribution is -2.62. The molecule has 68 heavy (non-hydrogen) atoms. The molecule has 2 saturated heterocycles. The Kier molecular flexibility index (Phi) is 16.0. The second-order valence-corrected chi connectivity index (χ2v) is 21.4. The van der Waals surface area contributed by atoms with Crippen molar-refractivity contribution in [2.24, 2.45) is 46.3 Å². The largest absolute Gasteiger partial charge is 0.497 e. The Bertz CT molecular complexity index is 2050. The third-order valence-electron chi connectivity index (χ3n) is 16.9. The van der Waals surface area contributed by atoms with E-state index >= 15 is 0 Å². The molecule has 18 atom stereocenters. The summed E-state index contributed by atoms with van der Waals surface area (Å²) in [6.45, 7) is 11.7. The van der Waals surface area contributed by atoms with E-state index in [0.29, 0.717) is 36.0 Å². The molecule has 0 spiro atoms. The monoisotopic (exact) mass is 953 g/mol. The SMILES string of the molecule is CNCc1cn(C[C@H](C)CCC[C@@H](C)[C@H]2[C@@H](O[C@H]3OC[C@H](O)C(O[C@@H]4OC[C@@H](O)[C@H](O)[C@H]4OC(=O)c4ccc(OC)cc4)[C@H]3OC(C)=O)CC3C4CC=C5C[C@@H](O)CC[C@]5(C)C4CC[C@@]32C)nn1. The van der Waals surface area contributed by atoms with E-state index in [9.17, 15) is 30.0 Å². The van der Waals surface area contributed by atoms with Gasteiger partial charge in [0.1, 0.15) is 30.2 Å². The smallest absolute Gasteiger partial charge is 0.338 e. The molecule has 17 heteroatoms. The number of hydrogen-bond donors (Lipinski definition) is 5. The van der Waals surface area contributed by atoms with Crippen LogP contribution in [0.1, 0.15) is 115 Å². The fraction of sp³-hybridized carbons (Fsp3) is 0.765. The number of nitrogens with zero attached hydrogens (tertiary/aromatic N) is 3. The third-order valence-corrected chi connectivity index (χ3v) is 16.9. The molecule has 6 aliphatic rings. The molecular weight excluding hydrogens is 877 g/mol. The average Bonchev–Trinajstić information content (AvgIpc) is 3.88. The minimum absolute atomic E-state index is 0.0524. The second kappa shape index (κ2) is 21.5. The van der Waals surface area contributed by atoms with Gasteiger partial charge in [-0.1, -0.05) is 57.4 Å². The molecular formula is C51H76N4O13. The van der Waals surface area contributed by atoms with E-state index in [1.54, 1.807) is 12.1 Å². The van der Waals surface area contributed by atoms with Gasteiger partial charge in [0, 0.05) is 26.2 Å². The van der Waals surface area contributed by atoms with E-state index < -0.39 is 61.1 Å². The minimum atomic E-state index is -1.60. The first kappa shape index (κ1) is 50.9. The molecule has 0 amide bonds. The number of fused-ring (bicyclic) bond motifs is 5. The molecule has 0 radical (unpaired) electrons. The van der Waals surface area contributed by atoms with E-state index in [-0.39, 0.29) is 53.7 Å². The molecule has 1 aromatic heterocycles. The summed E-state index contributed by atoms with van der Waals surface area (Å²) < 4.78 is 44.6. The van der Waals surface area contributed by atoms with Crippen LogP contribution in [0.2, 0.25) is 0 Å². The Hall–Kier alpha value is -3.52. The van der Waals surface area contributed by atoms with Gasteiger partial charge in [0.15, 0.2) is 24.8 Å².